The lowest BCUT2D eigenvalue weighted by Crippen LogP contribution is -2.43. The van der Waals surface area contributed by atoms with Gasteiger partial charge in [-0.05, 0) is 21.5 Å². The van der Waals surface area contributed by atoms with Crippen LogP contribution >= 0.6 is 11.6 Å². The summed E-state index contributed by atoms with van der Waals surface area (Å²) in [6, 6.07) is 0. The van der Waals surface area contributed by atoms with Crippen LogP contribution in [0.2, 0.25) is 5.28 Å². The van der Waals surface area contributed by atoms with Crippen LogP contribution in [0, 0.1) is 15.5 Å². The Morgan fingerprint density at radius 2 is 2.47 bits per heavy atom. The second kappa shape index (κ2) is 3.46. The summed E-state index contributed by atoms with van der Waals surface area (Å²) in [5, 5.41) is 10.6. The molecule has 82 valence electrons. The molecule has 2 rings (SSSR count). The molecule has 0 amide bonds. The third-order valence-electron chi connectivity index (χ3n) is 2.36. The summed E-state index contributed by atoms with van der Waals surface area (Å²) in [6.45, 7) is 3.93. The van der Waals surface area contributed by atoms with Crippen molar-refractivity contribution in [1.82, 2.24) is 9.55 Å². The standard InChI is InChI=1S/C8H10ClN3O3/c1-8(4-15-5-8)3-11-2-6(12(13)14)10-7(11)9/h2H,3-5H2,1H3. The number of imidazole rings is 1. The highest BCUT2D eigenvalue weighted by Crippen LogP contribution is 2.30. The van der Waals surface area contributed by atoms with E-state index < -0.39 is 4.92 Å². The summed E-state index contributed by atoms with van der Waals surface area (Å²) < 4.78 is 6.68. The number of aromatic nitrogens is 2. The molecule has 1 fully saturated rings. The molecule has 6 nitrogen and oxygen atoms in total. The highest BCUT2D eigenvalue weighted by Gasteiger charge is 2.35. The lowest BCUT2D eigenvalue weighted by atomic mass is 9.89. The van der Waals surface area contributed by atoms with Crippen molar-refractivity contribution in [1.29, 1.82) is 0 Å². The Morgan fingerprint density at radius 3 is 2.87 bits per heavy atom. The molecular weight excluding hydrogens is 222 g/mol. The Kier molecular flexibility index (Phi) is 2.40. The van der Waals surface area contributed by atoms with Gasteiger partial charge in [0.1, 0.15) is 6.20 Å². The van der Waals surface area contributed by atoms with E-state index in [1.165, 1.54) is 6.20 Å². The molecule has 1 aliphatic heterocycles. The quantitative estimate of drug-likeness (QED) is 0.584. The minimum Gasteiger partial charge on any atom is -0.380 e. The van der Waals surface area contributed by atoms with E-state index in [0.29, 0.717) is 19.8 Å². The SMILES string of the molecule is CC1(Cn2cc([N+](=O)[O-])nc2Cl)COC1. The zero-order valence-electron chi connectivity index (χ0n) is 8.14. The third kappa shape index (κ3) is 1.95. The predicted molar refractivity (Wildman–Crippen MR) is 52.8 cm³/mol. The van der Waals surface area contributed by atoms with E-state index in [1.54, 1.807) is 4.57 Å². The van der Waals surface area contributed by atoms with Crippen LogP contribution in [0.4, 0.5) is 5.82 Å². The van der Waals surface area contributed by atoms with Crippen molar-refractivity contribution in [2.45, 2.75) is 13.5 Å². The van der Waals surface area contributed by atoms with E-state index in [1.807, 2.05) is 6.92 Å². The topological polar surface area (TPSA) is 70.2 Å². The minimum atomic E-state index is -0.554. The summed E-state index contributed by atoms with van der Waals surface area (Å²) in [4.78, 5) is 13.5. The van der Waals surface area contributed by atoms with Crippen molar-refractivity contribution in [2.75, 3.05) is 13.2 Å². The first kappa shape index (κ1) is 10.4. The van der Waals surface area contributed by atoms with Gasteiger partial charge < -0.3 is 14.9 Å². The van der Waals surface area contributed by atoms with Crippen LogP contribution in [-0.4, -0.2) is 27.7 Å². The number of nitrogens with zero attached hydrogens (tertiary/aromatic N) is 3. The monoisotopic (exact) mass is 231 g/mol. The van der Waals surface area contributed by atoms with Gasteiger partial charge in [-0.1, -0.05) is 6.92 Å². The summed E-state index contributed by atoms with van der Waals surface area (Å²) in [5.41, 5.74) is 0.0121. The fourth-order valence-corrected chi connectivity index (χ4v) is 1.73. The second-order valence-corrected chi connectivity index (χ2v) is 4.39. The molecule has 2 heterocycles. The molecule has 0 saturated carbocycles. The zero-order valence-corrected chi connectivity index (χ0v) is 8.90. The summed E-state index contributed by atoms with van der Waals surface area (Å²) in [6.07, 6.45) is 1.35. The Labute approximate surface area is 91.0 Å². The van der Waals surface area contributed by atoms with E-state index in [-0.39, 0.29) is 16.5 Å². The molecule has 0 spiro atoms. The molecule has 7 heteroatoms. The molecule has 0 aliphatic carbocycles. The Hall–Kier alpha value is -1.14. The molecule has 0 N–H and O–H groups in total. The molecule has 1 aromatic rings. The average Bonchev–Trinajstić information content (AvgIpc) is 2.45. The zero-order chi connectivity index (χ0) is 11.1. The molecular formula is C8H10ClN3O3. The van der Waals surface area contributed by atoms with Crippen molar-refractivity contribution >= 4 is 17.4 Å². The van der Waals surface area contributed by atoms with Crippen LogP contribution in [0.25, 0.3) is 0 Å². The van der Waals surface area contributed by atoms with Gasteiger partial charge in [-0.25, -0.2) is 0 Å². The highest BCUT2D eigenvalue weighted by atomic mass is 35.5. The Bertz CT molecular complexity index is 400. The summed E-state index contributed by atoms with van der Waals surface area (Å²) in [7, 11) is 0. The van der Waals surface area contributed by atoms with Crippen LogP contribution in [0.5, 0.6) is 0 Å². The van der Waals surface area contributed by atoms with Gasteiger partial charge in [-0.15, -0.1) is 0 Å². The summed E-state index contributed by atoms with van der Waals surface area (Å²) in [5.74, 6) is -0.219. The van der Waals surface area contributed by atoms with Crippen molar-refractivity contribution in [3.63, 3.8) is 0 Å². The molecule has 1 aromatic heterocycles. The van der Waals surface area contributed by atoms with E-state index in [9.17, 15) is 10.1 Å². The summed E-state index contributed by atoms with van der Waals surface area (Å²) >= 11 is 5.78. The molecule has 1 saturated heterocycles. The number of rotatable bonds is 3. The van der Waals surface area contributed by atoms with E-state index in [2.05, 4.69) is 4.98 Å². The third-order valence-corrected chi connectivity index (χ3v) is 2.66. The average molecular weight is 232 g/mol. The van der Waals surface area contributed by atoms with Gasteiger partial charge in [0.25, 0.3) is 0 Å². The number of ether oxygens (including phenoxy) is 1. The first-order valence-corrected chi connectivity index (χ1v) is 4.83. The molecule has 15 heavy (non-hydrogen) atoms. The number of hydrogen-bond acceptors (Lipinski definition) is 4. The molecule has 0 unspecified atom stereocenters. The van der Waals surface area contributed by atoms with Gasteiger partial charge in [0.05, 0.1) is 13.2 Å². The maximum atomic E-state index is 10.5. The van der Waals surface area contributed by atoms with Gasteiger partial charge in [-0.2, -0.15) is 0 Å². The maximum Gasteiger partial charge on any atom is 0.383 e. The van der Waals surface area contributed by atoms with Crippen molar-refractivity contribution in [3.05, 3.63) is 21.6 Å². The Balaban J connectivity index is 2.17. The van der Waals surface area contributed by atoms with E-state index in [4.69, 9.17) is 16.3 Å². The number of hydrogen-bond donors (Lipinski definition) is 0. The molecule has 0 aromatic carbocycles. The second-order valence-electron chi connectivity index (χ2n) is 4.06. The maximum absolute atomic E-state index is 10.5. The van der Waals surface area contributed by atoms with Gasteiger partial charge >= 0.3 is 11.1 Å². The minimum absolute atomic E-state index is 0.0121. The molecule has 1 aliphatic rings. The van der Waals surface area contributed by atoms with Crippen molar-refractivity contribution in [3.8, 4) is 0 Å². The molecule has 0 atom stereocenters. The van der Waals surface area contributed by atoms with Crippen LogP contribution in [0.3, 0.4) is 0 Å². The number of nitro groups is 1. The largest absolute Gasteiger partial charge is 0.383 e. The van der Waals surface area contributed by atoms with Gasteiger partial charge in [0, 0.05) is 12.0 Å². The molecule has 0 bridgehead atoms. The van der Waals surface area contributed by atoms with Gasteiger partial charge in [0.15, 0.2) is 0 Å². The normalized spacial score (nSPS) is 18.5. The smallest absolute Gasteiger partial charge is 0.380 e. The molecule has 0 radical (unpaired) electrons. The fraction of sp³-hybridized carbons (Fsp3) is 0.625. The van der Waals surface area contributed by atoms with Crippen LogP contribution in [0.15, 0.2) is 6.20 Å². The fourth-order valence-electron chi connectivity index (χ4n) is 1.53. The Morgan fingerprint density at radius 1 is 1.80 bits per heavy atom. The van der Waals surface area contributed by atoms with Crippen LogP contribution < -0.4 is 0 Å². The number of halogens is 1. The van der Waals surface area contributed by atoms with Crippen LogP contribution in [0.1, 0.15) is 6.92 Å². The van der Waals surface area contributed by atoms with Crippen molar-refractivity contribution < 1.29 is 9.66 Å². The van der Waals surface area contributed by atoms with Gasteiger partial charge in [0.2, 0.25) is 0 Å². The highest BCUT2D eigenvalue weighted by molar-refractivity contribution is 6.28. The first-order valence-electron chi connectivity index (χ1n) is 4.45. The first-order chi connectivity index (χ1) is 7.00. The van der Waals surface area contributed by atoms with Crippen molar-refractivity contribution in [2.24, 2.45) is 5.41 Å². The van der Waals surface area contributed by atoms with E-state index >= 15 is 0 Å². The lowest BCUT2D eigenvalue weighted by Gasteiger charge is -2.37. The predicted octanol–water partition coefficient (Wildman–Crippen LogP) is 1.48. The lowest BCUT2D eigenvalue weighted by molar-refractivity contribution is -0.389. The van der Waals surface area contributed by atoms with E-state index in [0.717, 1.165) is 0 Å². The van der Waals surface area contributed by atoms with Gasteiger partial charge in [-0.3, -0.25) is 4.57 Å². The van der Waals surface area contributed by atoms with Crippen LogP contribution in [-0.2, 0) is 11.3 Å².